The first kappa shape index (κ1) is 15.3. The van der Waals surface area contributed by atoms with Crippen LogP contribution in [0, 0.1) is 11.3 Å². The number of rotatable bonds is 5. The Balaban J connectivity index is 1.92. The number of likely N-dealkylation sites (tertiary alicyclic amines) is 1. The van der Waals surface area contributed by atoms with Crippen LogP contribution < -0.4 is 5.32 Å². The highest BCUT2D eigenvalue weighted by atomic mass is 16.3. The molecule has 1 aliphatic carbocycles. The van der Waals surface area contributed by atoms with Crippen molar-refractivity contribution in [2.24, 2.45) is 11.3 Å². The predicted molar refractivity (Wildman–Crippen MR) is 75.9 cm³/mol. The fourth-order valence-corrected chi connectivity index (χ4v) is 2.79. The number of nitrogens with zero attached hydrogens (tertiary/aromatic N) is 1. The van der Waals surface area contributed by atoms with Gasteiger partial charge in [-0.25, -0.2) is 0 Å². The number of carbonyl (C=O) groups excluding carboxylic acids is 2. The molecule has 2 amide bonds. The summed E-state index contributed by atoms with van der Waals surface area (Å²) in [5.74, 6) is -0.163. The van der Waals surface area contributed by atoms with Crippen molar-refractivity contribution in [1.29, 1.82) is 0 Å². The van der Waals surface area contributed by atoms with Gasteiger partial charge in [0, 0.05) is 31.7 Å². The molecule has 0 spiro atoms. The summed E-state index contributed by atoms with van der Waals surface area (Å²) in [5, 5.41) is 12.2. The maximum atomic E-state index is 12.3. The molecule has 0 radical (unpaired) electrons. The van der Waals surface area contributed by atoms with Crippen molar-refractivity contribution in [2.75, 3.05) is 13.2 Å². The van der Waals surface area contributed by atoms with Crippen molar-refractivity contribution in [2.45, 2.75) is 58.5 Å². The highest BCUT2D eigenvalue weighted by Crippen LogP contribution is 2.33. The second kappa shape index (κ2) is 5.72. The highest BCUT2D eigenvalue weighted by molar-refractivity contribution is 5.89. The Morgan fingerprint density at radius 2 is 2.10 bits per heavy atom. The Hall–Kier alpha value is -1.10. The molecule has 2 aliphatic rings. The van der Waals surface area contributed by atoms with E-state index in [1.54, 1.807) is 0 Å². The molecule has 114 valence electrons. The fraction of sp³-hybridized carbons (Fsp3) is 0.867. The summed E-state index contributed by atoms with van der Waals surface area (Å²) in [5.41, 5.74) is -0.100. The average molecular weight is 282 g/mol. The molecule has 20 heavy (non-hydrogen) atoms. The van der Waals surface area contributed by atoms with Crippen LogP contribution in [0.15, 0.2) is 0 Å². The van der Waals surface area contributed by atoms with Gasteiger partial charge in [0.05, 0.1) is 5.92 Å². The Kier molecular flexibility index (Phi) is 4.37. The fourth-order valence-electron chi connectivity index (χ4n) is 2.79. The summed E-state index contributed by atoms with van der Waals surface area (Å²) in [4.78, 5) is 26.1. The molecule has 5 nitrogen and oxygen atoms in total. The van der Waals surface area contributed by atoms with Gasteiger partial charge >= 0.3 is 0 Å². The zero-order valence-corrected chi connectivity index (χ0v) is 12.7. The lowest BCUT2D eigenvalue weighted by molar-refractivity contribution is -0.129. The minimum atomic E-state index is -0.230. The second-order valence-corrected chi connectivity index (χ2v) is 7.12. The first-order valence-electron chi connectivity index (χ1n) is 7.53. The van der Waals surface area contributed by atoms with Crippen LogP contribution in [-0.2, 0) is 9.59 Å². The predicted octanol–water partition coefficient (Wildman–Crippen LogP) is 0.911. The number of hydrogen-bond acceptors (Lipinski definition) is 3. The first-order chi connectivity index (χ1) is 9.32. The maximum absolute atomic E-state index is 12.3. The van der Waals surface area contributed by atoms with Gasteiger partial charge in [0.2, 0.25) is 11.8 Å². The van der Waals surface area contributed by atoms with E-state index in [-0.39, 0.29) is 35.8 Å². The maximum Gasteiger partial charge on any atom is 0.225 e. The van der Waals surface area contributed by atoms with Gasteiger partial charge in [-0.2, -0.15) is 0 Å². The summed E-state index contributed by atoms with van der Waals surface area (Å²) in [6, 6.07) is 0.321. The molecule has 1 saturated heterocycles. The van der Waals surface area contributed by atoms with Gasteiger partial charge in [-0.05, 0) is 24.7 Å². The van der Waals surface area contributed by atoms with Crippen LogP contribution in [0.4, 0.5) is 0 Å². The summed E-state index contributed by atoms with van der Waals surface area (Å²) in [6.45, 7) is 6.75. The molecular weight excluding hydrogens is 256 g/mol. The minimum Gasteiger partial charge on any atom is -0.396 e. The first-order valence-corrected chi connectivity index (χ1v) is 7.53. The number of carbonyl (C=O) groups is 2. The monoisotopic (exact) mass is 282 g/mol. The van der Waals surface area contributed by atoms with Crippen molar-refractivity contribution < 1.29 is 14.7 Å². The molecule has 0 bridgehead atoms. The smallest absolute Gasteiger partial charge is 0.225 e. The van der Waals surface area contributed by atoms with E-state index in [9.17, 15) is 9.59 Å². The van der Waals surface area contributed by atoms with E-state index >= 15 is 0 Å². The normalized spacial score (nSPS) is 24.9. The molecule has 2 fully saturated rings. The van der Waals surface area contributed by atoms with Crippen LogP contribution in [0.3, 0.4) is 0 Å². The van der Waals surface area contributed by atoms with E-state index in [2.05, 4.69) is 5.32 Å². The van der Waals surface area contributed by atoms with Crippen molar-refractivity contribution in [3.05, 3.63) is 0 Å². The Morgan fingerprint density at radius 1 is 1.45 bits per heavy atom. The largest absolute Gasteiger partial charge is 0.396 e. The van der Waals surface area contributed by atoms with Crippen LogP contribution in [0.5, 0.6) is 0 Å². The molecule has 5 heteroatoms. The zero-order valence-electron chi connectivity index (χ0n) is 12.7. The van der Waals surface area contributed by atoms with Crippen molar-refractivity contribution in [3.63, 3.8) is 0 Å². The van der Waals surface area contributed by atoms with Gasteiger partial charge in [0.25, 0.3) is 0 Å². The Bertz CT molecular complexity index is 385. The molecule has 1 heterocycles. The van der Waals surface area contributed by atoms with Crippen LogP contribution >= 0.6 is 0 Å². The van der Waals surface area contributed by atoms with Crippen LogP contribution in [-0.4, -0.2) is 47.1 Å². The second-order valence-electron chi connectivity index (χ2n) is 7.12. The van der Waals surface area contributed by atoms with Crippen molar-refractivity contribution in [1.82, 2.24) is 10.2 Å². The van der Waals surface area contributed by atoms with Crippen molar-refractivity contribution in [3.8, 4) is 0 Å². The number of aliphatic hydroxyl groups is 1. The molecular formula is C15H26N2O3. The van der Waals surface area contributed by atoms with Crippen molar-refractivity contribution >= 4 is 11.8 Å². The number of hydrogen-bond donors (Lipinski definition) is 2. The van der Waals surface area contributed by atoms with E-state index in [1.165, 1.54) is 0 Å². The Labute approximate surface area is 120 Å². The molecule has 1 aliphatic heterocycles. The zero-order chi connectivity index (χ0) is 14.9. The lowest BCUT2D eigenvalue weighted by atomic mass is 9.84. The Morgan fingerprint density at radius 3 is 2.60 bits per heavy atom. The summed E-state index contributed by atoms with van der Waals surface area (Å²) < 4.78 is 0. The quantitative estimate of drug-likeness (QED) is 0.787. The number of nitrogens with one attached hydrogen (secondary N) is 1. The molecule has 2 atom stereocenters. The molecule has 0 aromatic rings. The third-order valence-corrected chi connectivity index (χ3v) is 4.30. The lowest BCUT2D eigenvalue weighted by Crippen LogP contribution is -2.47. The van der Waals surface area contributed by atoms with E-state index in [0.717, 1.165) is 12.8 Å². The van der Waals surface area contributed by atoms with Crippen LogP contribution in [0.1, 0.15) is 46.5 Å². The summed E-state index contributed by atoms with van der Waals surface area (Å²) in [6.07, 6.45) is 3.03. The van der Waals surface area contributed by atoms with Crippen LogP contribution in [0.2, 0.25) is 0 Å². The third-order valence-electron chi connectivity index (χ3n) is 4.30. The molecule has 2 unspecified atom stereocenters. The van der Waals surface area contributed by atoms with E-state index in [4.69, 9.17) is 5.11 Å². The highest BCUT2D eigenvalue weighted by Gasteiger charge is 2.42. The number of amides is 2. The standard InChI is InChI=1S/C15H26N2O3/c1-15(2,3)12(6-7-18)16-14(20)10-8-13(19)17(9-10)11-4-5-11/h10-12,18H,4-9H2,1-3H3,(H,16,20). The minimum absolute atomic E-state index is 0.0464. The third kappa shape index (κ3) is 3.51. The summed E-state index contributed by atoms with van der Waals surface area (Å²) >= 11 is 0. The van der Waals surface area contributed by atoms with Gasteiger partial charge in [-0.3, -0.25) is 9.59 Å². The molecule has 2 N–H and O–H groups in total. The van der Waals surface area contributed by atoms with E-state index < -0.39 is 0 Å². The van der Waals surface area contributed by atoms with E-state index in [0.29, 0.717) is 25.4 Å². The van der Waals surface area contributed by atoms with Gasteiger partial charge < -0.3 is 15.3 Å². The molecule has 0 aromatic heterocycles. The van der Waals surface area contributed by atoms with Gasteiger partial charge in [-0.1, -0.05) is 20.8 Å². The SMILES string of the molecule is CC(C)(C)C(CCO)NC(=O)C1CC(=O)N(C2CC2)C1. The molecule has 0 aromatic carbocycles. The lowest BCUT2D eigenvalue weighted by Gasteiger charge is -2.32. The van der Waals surface area contributed by atoms with E-state index in [1.807, 2.05) is 25.7 Å². The topological polar surface area (TPSA) is 69.6 Å². The van der Waals surface area contributed by atoms with Gasteiger partial charge in [-0.15, -0.1) is 0 Å². The molecule has 1 saturated carbocycles. The average Bonchev–Trinajstić information content (AvgIpc) is 3.11. The van der Waals surface area contributed by atoms with Crippen LogP contribution in [0.25, 0.3) is 0 Å². The number of aliphatic hydroxyl groups excluding tert-OH is 1. The van der Waals surface area contributed by atoms with Gasteiger partial charge in [0.1, 0.15) is 0 Å². The molecule has 2 rings (SSSR count). The summed E-state index contributed by atoms with van der Waals surface area (Å²) in [7, 11) is 0. The van der Waals surface area contributed by atoms with Gasteiger partial charge in [0.15, 0.2) is 0 Å².